The first-order chi connectivity index (χ1) is 15.6. The Bertz CT molecular complexity index is 985. The number of nitrogens with one attached hydrogen (secondary N) is 1. The van der Waals surface area contributed by atoms with E-state index in [1.54, 1.807) is 12.1 Å². The van der Waals surface area contributed by atoms with E-state index in [-0.39, 0.29) is 37.1 Å². The SMILES string of the molecule is COc1cc(N2CC(C(=O)NCc3ccc(OC(F)(F)F)cc3)CC2=O)cc(OC)c1OC. The lowest BCUT2D eigenvalue weighted by Gasteiger charge is -2.20. The predicted molar refractivity (Wildman–Crippen MR) is 112 cm³/mol. The zero-order valence-corrected chi connectivity index (χ0v) is 18.2. The van der Waals surface area contributed by atoms with Crippen LogP contribution in [0.15, 0.2) is 36.4 Å². The van der Waals surface area contributed by atoms with Crippen molar-refractivity contribution in [2.75, 3.05) is 32.8 Å². The van der Waals surface area contributed by atoms with E-state index in [0.717, 1.165) is 0 Å². The summed E-state index contributed by atoms with van der Waals surface area (Å²) in [6.45, 7) is 0.252. The van der Waals surface area contributed by atoms with E-state index in [4.69, 9.17) is 14.2 Å². The fraction of sp³-hybridized carbons (Fsp3) is 0.364. The molecule has 1 aliphatic heterocycles. The van der Waals surface area contributed by atoms with Gasteiger partial charge in [-0.25, -0.2) is 0 Å². The molecule has 2 aromatic rings. The van der Waals surface area contributed by atoms with Gasteiger partial charge in [0.25, 0.3) is 0 Å². The van der Waals surface area contributed by atoms with Gasteiger partial charge in [-0.1, -0.05) is 12.1 Å². The van der Waals surface area contributed by atoms with E-state index >= 15 is 0 Å². The largest absolute Gasteiger partial charge is 0.573 e. The van der Waals surface area contributed by atoms with Crippen LogP contribution in [0.3, 0.4) is 0 Å². The highest BCUT2D eigenvalue weighted by Gasteiger charge is 2.36. The van der Waals surface area contributed by atoms with E-state index in [1.165, 1.54) is 50.5 Å². The standard InChI is InChI=1S/C22H23F3N2O6/c1-30-17-9-15(10-18(31-2)20(17)32-3)27-12-14(8-19(27)28)21(29)26-11-13-4-6-16(7-5-13)33-22(23,24)25/h4-7,9-10,14H,8,11-12H2,1-3H3,(H,26,29). The number of amides is 2. The maximum Gasteiger partial charge on any atom is 0.573 e. The van der Waals surface area contributed by atoms with Crippen molar-refractivity contribution in [1.82, 2.24) is 5.32 Å². The smallest absolute Gasteiger partial charge is 0.493 e. The summed E-state index contributed by atoms with van der Waals surface area (Å²) in [4.78, 5) is 26.7. The summed E-state index contributed by atoms with van der Waals surface area (Å²) in [5, 5.41) is 2.71. The number of anilines is 1. The van der Waals surface area contributed by atoms with E-state index in [0.29, 0.717) is 28.5 Å². The van der Waals surface area contributed by atoms with Crippen LogP contribution in [0.1, 0.15) is 12.0 Å². The van der Waals surface area contributed by atoms with Crippen LogP contribution < -0.4 is 29.2 Å². The number of carbonyl (C=O) groups excluding carboxylic acids is 2. The summed E-state index contributed by atoms with van der Waals surface area (Å²) in [6.07, 6.45) is -4.75. The minimum atomic E-state index is -4.77. The van der Waals surface area contributed by atoms with Crippen molar-refractivity contribution in [1.29, 1.82) is 0 Å². The maximum absolute atomic E-state index is 12.6. The molecule has 0 saturated carbocycles. The molecule has 1 saturated heterocycles. The van der Waals surface area contributed by atoms with Crippen molar-refractivity contribution in [2.24, 2.45) is 5.92 Å². The number of rotatable bonds is 8. The summed E-state index contributed by atoms with van der Waals surface area (Å²) in [6, 6.07) is 8.43. The van der Waals surface area contributed by atoms with Crippen LogP contribution in [0.2, 0.25) is 0 Å². The lowest BCUT2D eigenvalue weighted by molar-refractivity contribution is -0.274. The van der Waals surface area contributed by atoms with Crippen LogP contribution in [0.4, 0.5) is 18.9 Å². The summed E-state index contributed by atoms with van der Waals surface area (Å²) in [5.41, 5.74) is 1.09. The molecule has 11 heteroatoms. The second kappa shape index (κ2) is 9.88. The highest BCUT2D eigenvalue weighted by Crippen LogP contribution is 2.42. The topological polar surface area (TPSA) is 86.3 Å². The predicted octanol–water partition coefficient (Wildman–Crippen LogP) is 3.28. The summed E-state index contributed by atoms with van der Waals surface area (Å²) >= 11 is 0. The summed E-state index contributed by atoms with van der Waals surface area (Å²) < 4.78 is 56.5. The van der Waals surface area contributed by atoms with Crippen molar-refractivity contribution in [3.63, 3.8) is 0 Å². The Hall–Kier alpha value is -3.63. The Labute approximate surface area is 188 Å². The van der Waals surface area contributed by atoms with E-state index in [9.17, 15) is 22.8 Å². The van der Waals surface area contributed by atoms with Crippen LogP contribution in [0, 0.1) is 5.92 Å². The van der Waals surface area contributed by atoms with Gasteiger partial charge < -0.3 is 29.2 Å². The van der Waals surface area contributed by atoms with Gasteiger partial charge >= 0.3 is 6.36 Å². The fourth-order valence-electron chi connectivity index (χ4n) is 3.50. The van der Waals surface area contributed by atoms with E-state index in [2.05, 4.69) is 10.1 Å². The molecule has 3 rings (SSSR count). The van der Waals surface area contributed by atoms with Gasteiger partial charge in [0.1, 0.15) is 5.75 Å². The third kappa shape index (κ3) is 5.79. The molecule has 0 bridgehead atoms. The van der Waals surface area contributed by atoms with Crippen LogP contribution in [0.25, 0.3) is 0 Å². The van der Waals surface area contributed by atoms with Gasteiger partial charge in [0, 0.05) is 31.6 Å². The third-order valence-corrected chi connectivity index (χ3v) is 5.08. The Morgan fingerprint density at radius 2 is 1.67 bits per heavy atom. The number of benzene rings is 2. The average molecular weight is 468 g/mol. The molecule has 1 N–H and O–H groups in total. The molecule has 33 heavy (non-hydrogen) atoms. The third-order valence-electron chi connectivity index (χ3n) is 5.08. The molecular formula is C22H23F3N2O6. The Balaban J connectivity index is 1.64. The minimum absolute atomic E-state index is 0.0147. The molecular weight excluding hydrogens is 445 g/mol. The van der Waals surface area contributed by atoms with E-state index < -0.39 is 12.3 Å². The highest BCUT2D eigenvalue weighted by molar-refractivity contribution is 6.00. The molecule has 0 aliphatic carbocycles. The number of hydrogen-bond acceptors (Lipinski definition) is 6. The van der Waals surface area contributed by atoms with Gasteiger partial charge in [-0.05, 0) is 17.7 Å². The van der Waals surface area contributed by atoms with Crippen molar-refractivity contribution in [3.05, 3.63) is 42.0 Å². The number of hydrogen-bond donors (Lipinski definition) is 1. The molecule has 8 nitrogen and oxygen atoms in total. The van der Waals surface area contributed by atoms with E-state index in [1.807, 2.05) is 0 Å². The summed E-state index contributed by atoms with van der Waals surface area (Å²) in [5.74, 6) is -0.372. The zero-order chi connectivity index (χ0) is 24.2. The van der Waals surface area contributed by atoms with Crippen LogP contribution >= 0.6 is 0 Å². The number of nitrogens with zero attached hydrogens (tertiary/aromatic N) is 1. The highest BCUT2D eigenvalue weighted by atomic mass is 19.4. The molecule has 1 unspecified atom stereocenters. The van der Waals surface area contributed by atoms with Crippen molar-refractivity contribution in [3.8, 4) is 23.0 Å². The van der Waals surface area contributed by atoms with Crippen molar-refractivity contribution < 1.29 is 41.7 Å². The van der Waals surface area contributed by atoms with Gasteiger partial charge in [0.15, 0.2) is 11.5 Å². The second-order valence-electron chi connectivity index (χ2n) is 7.20. The quantitative estimate of drug-likeness (QED) is 0.640. The number of methoxy groups -OCH3 is 3. The zero-order valence-electron chi connectivity index (χ0n) is 18.2. The average Bonchev–Trinajstić information content (AvgIpc) is 3.18. The van der Waals surface area contributed by atoms with Crippen LogP contribution in [-0.2, 0) is 16.1 Å². The molecule has 1 aliphatic rings. The molecule has 0 aromatic heterocycles. The first-order valence-electron chi connectivity index (χ1n) is 9.88. The van der Waals surface area contributed by atoms with Crippen molar-refractivity contribution >= 4 is 17.5 Å². The Kier molecular flexibility index (Phi) is 7.19. The van der Waals surface area contributed by atoms with Crippen LogP contribution in [0.5, 0.6) is 23.0 Å². The first kappa shape index (κ1) is 24.0. The minimum Gasteiger partial charge on any atom is -0.493 e. The lowest BCUT2D eigenvalue weighted by Crippen LogP contribution is -2.32. The second-order valence-corrected chi connectivity index (χ2v) is 7.20. The molecule has 1 heterocycles. The molecule has 1 fully saturated rings. The summed E-state index contributed by atoms with van der Waals surface area (Å²) in [7, 11) is 4.40. The number of ether oxygens (including phenoxy) is 4. The van der Waals surface area contributed by atoms with Gasteiger partial charge in [0.05, 0.1) is 32.9 Å². The number of halogens is 3. The van der Waals surface area contributed by atoms with Gasteiger partial charge in [0.2, 0.25) is 17.6 Å². The maximum atomic E-state index is 12.6. The molecule has 0 radical (unpaired) electrons. The Morgan fingerprint density at radius 3 is 2.18 bits per heavy atom. The van der Waals surface area contributed by atoms with Crippen molar-refractivity contribution in [2.45, 2.75) is 19.3 Å². The molecule has 2 amide bonds. The lowest BCUT2D eigenvalue weighted by atomic mass is 10.1. The molecule has 1 atom stereocenters. The number of carbonyl (C=O) groups is 2. The normalized spacial score (nSPS) is 15.9. The Morgan fingerprint density at radius 1 is 1.06 bits per heavy atom. The van der Waals surface area contributed by atoms with Gasteiger partial charge in [-0.15, -0.1) is 13.2 Å². The monoisotopic (exact) mass is 468 g/mol. The number of alkyl halides is 3. The van der Waals surface area contributed by atoms with Crippen LogP contribution in [-0.4, -0.2) is 46.1 Å². The first-order valence-corrected chi connectivity index (χ1v) is 9.88. The molecule has 2 aromatic carbocycles. The van der Waals surface area contributed by atoms with Gasteiger partial charge in [-0.3, -0.25) is 9.59 Å². The fourth-order valence-corrected chi connectivity index (χ4v) is 3.50. The van der Waals surface area contributed by atoms with Gasteiger partial charge in [-0.2, -0.15) is 0 Å². The molecule has 178 valence electrons. The molecule has 0 spiro atoms.